The Kier molecular flexibility index (Phi) is 6.49. The molecular weight excluding hydrogens is 406 g/mol. The third-order valence-electron chi connectivity index (χ3n) is 5.68. The number of nitrogens with zero attached hydrogens (tertiary/aromatic N) is 3. The van der Waals surface area contributed by atoms with E-state index in [1.807, 2.05) is 13.0 Å². The van der Waals surface area contributed by atoms with Gasteiger partial charge in [-0.15, -0.1) is 0 Å². The van der Waals surface area contributed by atoms with Crippen LogP contribution in [0.15, 0.2) is 48.8 Å². The summed E-state index contributed by atoms with van der Waals surface area (Å²) in [5, 5.41) is 20.8. The van der Waals surface area contributed by atoms with Gasteiger partial charge in [0.1, 0.15) is 5.75 Å². The fraction of sp³-hybridized carbons (Fsp3) is 0.333. The van der Waals surface area contributed by atoms with E-state index in [1.165, 1.54) is 16.9 Å². The summed E-state index contributed by atoms with van der Waals surface area (Å²) in [5.41, 5.74) is 2.79. The highest BCUT2D eigenvalue weighted by Crippen LogP contribution is 2.37. The predicted molar refractivity (Wildman–Crippen MR) is 122 cm³/mol. The van der Waals surface area contributed by atoms with E-state index >= 15 is 0 Å². The Morgan fingerprint density at radius 3 is 2.69 bits per heavy atom. The van der Waals surface area contributed by atoms with Gasteiger partial charge >= 0.3 is 6.03 Å². The second-order valence-corrected chi connectivity index (χ2v) is 8.01. The molecule has 4 rings (SSSR count). The van der Waals surface area contributed by atoms with Gasteiger partial charge in [-0.25, -0.2) is 4.79 Å². The summed E-state index contributed by atoms with van der Waals surface area (Å²) in [5.74, 6) is -0.0555. The zero-order valence-corrected chi connectivity index (χ0v) is 18.0. The third-order valence-corrected chi connectivity index (χ3v) is 5.68. The molecule has 1 saturated carbocycles. The van der Waals surface area contributed by atoms with Crippen molar-refractivity contribution in [1.29, 1.82) is 0 Å². The molecule has 3 aromatic rings. The highest BCUT2D eigenvalue weighted by molar-refractivity contribution is 6.04. The van der Waals surface area contributed by atoms with E-state index in [0.29, 0.717) is 29.1 Å². The van der Waals surface area contributed by atoms with Gasteiger partial charge in [0.2, 0.25) is 0 Å². The van der Waals surface area contributed by atoms with Crippen molar-refractivity contribution in [2.45, 2.75) is 44.9 Å². The van der Waals surface area contributed by atoms with Gasteiger partial charge in [0.05, 0.1) is 17.0 Å². The summed E-state index contributed by atoms with van der Waals surface area (Å²) in [6.07, 6.45) is 8.24. The minimum Gasteiger partial charge on any atom is -0.507 e. The van der Waals surface area contributed by atoms with Gasteiger partial charge in [0, 0.05) is 42.2 Å². The van der Waals surface area contributed by atoms with Gasteiger partial charge in [-0.1, -0.05) is 19.8 Å². The monoisotopic (exact) mass is 433 g/mol. The number of phenols is 1. The highest BCUT2D eigenvalue weighted by atomic mass is 16.3. The zero-order chi connectivity index (χ0) is 22.5. The topological polar surface area (TPSA) is 109 Å². The number of anilines is 1. The van der Waals surface area contributed by atoms with Crippen molar-refractivity contribution < 1.29 is 14.7 Å². The average molecular weight is 434 g/mol. The highest BCUT2D eigenvalue weighted by Gasteiger charge is 2.26. The fourth-order valence-electron chi connectivity index (χ4n) is 4.04. The molecule has 166 valence electrons. The largest absolute Gasteiger partial charge is 0.507 e. The van der Waals surface area contributed by atoms with Crippen molar-refractivity contribution in [3.63, 3.8) is 0 Å². The van der Waals surface area contributed by atoms with Crippen molar-refractivity contribution in [3.05, 3.63) is 60.0 Å². The molecule has 1 aliphatic carbocycles. The van der Waals surface area contributed by atoms with E-state index < -0.39 is 0 Å². The maximum Gasteiger partial charge on any atom is 0.342 e. The van der Waals surface area contributed by atoms with E-state index in [4.69, 9.17) is 0 Å². The number of nitrogens with one attached hydrogen (secondary N) is 2. The number of rotatable bonds is 6. The maximum absolute atomic E-state index is 12.7. The first kappa shape index (κ1) is 21.5. The van der Waals surface area contributed by atoms with Crippen LogP contribution in [0.3, 0.4) is 0 Å². The molecule has 8 heteroatoms. The summed E-state index contributed by atoms with van der Waals surface area (Å²) < 4.78 is 1.44. The van der Waals surface area contributed by atoms with Gasteiger partial charge < -0.3 is 15.7 Å². The summed E-state index contributed by atoms with van der Waals surface area (Å²) in [6.45, 7) is 2.58. The number of aromatic nitrogens is 3. The number of carbonyl (C=O) groups is 2. The van der Waals surface area contributed by atoms with Crippen LogP contribution >= 0.6 is 0 Å². The Balaban J connectivity index is 1.60. The molecule has 8 nitrogen and oxygen atoms in total. The first-order valence-corrected chi connectivity index (χ1v) is 11.0. The van der Waals surface area contributed by atoms with Crippen LogP contribution in [0.4, 0.5) is 10.5 Å². The number of pyridine rings is 1. The molecule has 0 atom stereocenters. The average Bonchev–Trinajstić information content (AvgIpc) is 3.48. The van der Waals surface area contributed by atoms with Crippen LogP contribution in [0, 0.1) is 0 Å². The molecule has 1 aliphatic rings. The van der Waals surface area contributed by atoms with E-state index in [2.05, 4.69) is 20.7 Å². The molecule has 0 radical (unpaired) electrons. The van der Waals surface area contributed by atoms with Crippen LogP contribution in [-0.4, -0.2) is 38.4 Å². The van der Waals surface area contributed by atoms with E-state index in [-0.39, 0.29) is 23.6 Å². The van der Waals surface area contributed by atoms with Gasteiger partial charge in [0.25, 0.3) is 5.91 Å². The van der Waals surface area contributed by atoms with Crippen molar-refractivity contribution in [3.8, 4) is 17.0 Å². The van der Waals surface area contributed by atoms with Gasteiger partial charge in [-0.2, -0.15) is 9.78 Å². The molecule has 1 aromatic carbocycles. The molecule has 32 heavy (non-hydrogen) atoms. The normalized spacial score (nSPS) is 13.8. The first-order valence-electron chi connectivity index (χ1n) is 11.0. The number of hydrogen-bond acceptors (Lipinski definition) is 5. The second kappa shape index (κ2) is 9.64. The smallest absolute Gasteiger partial charge is 0.342 e. The fourth-order valence-corrected chi connectivity index (χ4v) is 4.04. The van der Waals surface area contributed by atoms with Crippen molar-refractivity contribution in [2.24, 2.45) is 0 Å². The lowest BCUT2D eigenvalue weighted by atomic mass is 10.0. The number of phenolic OH excluding ortho intramolecular Hbond substituents is 1. The summed E-state index contributed by atoms with van der Waals surface area (Å²) in [7, 11) is 0. The van der Waals surface area contributed by atoms with E-state index in [1.54, 1.807) is 30.5 Å². The Morgan fingerprint density at radius 1 is 1.19 bits per heavy atom. The SMILES string of the molecule is CCCNC(=O)n1nc(-c2ccc(NC(=O)c3cccnc3)cc2O)cc1C1CCCC1. The van der Waals surface area contributed by atoms with Crippen LogP contribution in [-0.2, 0) is 0 Å². The Labute approximate surface area is 186 Å². The molecular formula is C24H27N5O3. The second-order valence-electron chi connectivity index (χ2n) is 8.01. The molecule has 2 aromatic heterocycles. The Bertz CT molecular complexity index is 1100. The first-order chi connectivity index (χ1) is 15.6. The minimum atomic E-state index is -0.314. The molecule has 2 amide bonds. The maximum atomic E-state index is 12.7. The number of aromatic hydroxyl groups is 1. The lowest BCUT2D eigenvalue weighted by Crippen LogP contribution is -2.31. The molecule has 1 fully saturated rings. The third kappa shape index (κ3) is 4.64. The predicted octanol–water partition coefficient (Wildman–Crippen LogP) is 4.53. The summed E-state index contributed by atoms with van der Waals surface area (Å²) in [4.78, 5) is 29.0. The summed E-state index contributed by atoms with van der Waals surface area (Å²) in [6, 6.07) is 9.87. The molecule has 2 heterocycles. The molecule has 0 unspecified atom stereocenters. The minimum absolute atomic E-state index is 0.0226. The lowest BCUT2D eigenvalue weighted by Gasteiger charge is -2.11. The molecule has 0 spiro atoms. The van der Waals surface area contributed by atoms with Crippen LogP contribution < -0.4 is 10.6 Å². The summed E-state index contributed by atoms with van der Waals surface area (Å²) >= 11 is 0. The Morgan fingerprint density at radius 2 is 2.00 bits per heavy atom. The van der Waals surface area contributed by atoms with Crippen molar-refractivity contribution >= 4 is 17.6 Å². The zero-order valence-electron chi connectivity index (χ0n) is 18.0. The lowest BCUT2D eigenvalue weighted by molar-refractivity contribution is 0.102. The van der Waals surface area contributed by atoms with Crippen molar-refractivity contribution in [2.75, 3.05) is 11.9 Å². The van der Waals surface area contributed by atoms with Crippen LogP contribution in [0.25, 0.3) is 11.3 Å². The van der Waals surface area contributed by atoms with E-state index in [9.17, 15) is 14.7 Å². The standard InChI is InChI=1S/C24H27N5O3/c1-2-11-26-24(32)29-21(16-6-3-4-7-16)14-20(28-29)19-10-9-18(13-22(19)30)27-23(31)17-8-5-12-25-15-17/h5,8-10,12-16,30H,2-4,6-7,11H2,1H3,(H,26,32)(H,27,31). The molecule has 0 saturated heterocycles. The van der Waals surface area contributed by atoms with Gasteiger partial charge in [-0.3, -0.25) is 9.78 Å². The molecule has 0 bridgehead atoms. The van der Waals surface area contributed by atoms with Crippen LogP contribution in [0.1, 0.15) is 61.0 Å². The number of carbonyl (C=O) groups excluding carboxylic acids is 2. The van der Waals surface area contributed by atoms with E-state index in [0.717, 1.165) is 37.8 Å². The molecule has 0 aliphatic heterocycles. The van der Waals surface area contributed by atoms with Crippen molar-refractivity contribution in [1.82, 2.24) is 20.1 Å². The van der Waals surface area contributed by atoms with Crippen LogP contribution in [0.5, 0.6) is 5.75 Å². The van der Waals surface area contributed by atoms with Gasteiger partial charge in [-0.05, 0) is 49.6 Å². The number of benzene rings is 1. The molecule has 3 N–H and O–H groups in total. The number of hydrogen-bond donors (Lipinski definition) is 3. The Hall–Kier alpha value is -3.68. The number of amides is 2. The quantitative estimate of drug-likeness (QED) is 0.529. The van der Waals surface area contributed by atoms with Gasteiger partial charge in [0.15, 0.2) is 0 Å². The van der Waals surface area contributed by atoms with Crippen LogP contribution in [0.2, 0.25) is 0 Å².